The van der Waals surface area contributed by atoms with E-state index >= 15 is 0 Å². The zero-order valence-corrected chi connectivity index (χ0v) is 8.91. The van der Waals surface area contributed by atoms with E-state index in [0.29, 0.717) is 12.6 Å². The Kier molecular flexibility index (Phi) is 5.15. The topological polar surface area (TPSA) is 49.5 Å². The van der Waals surface area contributed by atoms with Gasteiger partial charge in [0.1, 0.15) is 0 Å². The van der Waals surface area contributed by atoms with Crippen LogP contribution in [0.1, 0.15) is 25.7 Å². The van der Waals surface area contributed by atoms with E-state index in [-0.39, 0.29) is 6.61 Å². The van der Waals surface area contributed by atoms with Gasteiger partial charge in [-0.05, 0) is 31.4 Å². The van der Waals surface area contributed by atoms with Gasteiger partial charge in [0, 0.05) is 25.7 Å². The van der Waals surface area contributed by atoms with Crippen molar-refractivity contribution < 1.29 is 5.11 Å². The van der Waals surface area contributed by atoms with Crippen molar-refractivity contribution in [1.82, 2.24) is 4.90 Å². The third kappa shape index (κ3) is 3.40. The molecule has 0 bridgehead atoms. The van der Waals surface area contributed by atoms with Gasteiger partial charge in [-0.25, -0.2) is 0 Å². The lowest BCUT2D eigenvalue weighted by molar-refractivity contribution is 0.129. The molecular weight excluding hydrogens is 176 g/mol. The Labute approximate surface area is 86.6 Å². The van der Waals surface area contributed by atoms with Gasteiger partial charge in [0.05, 0.1) is 0 Å². The van der Waals surface area contributed by atoms with E-state index in [9.17, 15) is 0 Å². The van der Waals surface area contributed by atoms with Crippen molar-refractivity contribution in [3.05, 3.63) is 12.2 Å². The van der Waals surface area contributed by atoms with Crippen LogP contribution in [0.4, 0.5) is 0 Å². The number of hydrogen-bond donors (Lipinski definition) is 2. The van der Waals surface area contributed by atoms with Gasteiger partial charge < -0.3 is 10.8 Å². The smallest absolute Gasteiger partial charge is 0.0445 e. The number of piperidine rings is 1. The molecule has 3 N–H and O–H groups in total. The first-order chi connectivity index (χ1) is 6.77. The van der Waals surface area contributed by atoms with Crippen molar-refractivity contribution in [1.29, 1.82) is 0 Å². The van der Waals surface area contributed by atoms with Crippen LogP contribution in [0.2, 0.25) is 0 Å². The average Bonchev–Trinajstić information content (AvgIpc) is 2.21. The van der Waals surface area contributed by atoms with Crippen LogP contribution in [-0.2, 0) is 0 Å². The molecule has 0 amide bonds. The third-order valence-corrected chi connectivity index (χ3v) is 2.93. The zero-order valence-electron chi connectivity index (χ0n) is 8.91. The standard InChI is InChI=1S/C11H22N2O/c1-10(8-12)9-13-6-3-2-4-11(13)5-7-14/h11,14H,1-9,12H2. The van der Waals surface area contributed by atoms with Gasteiger partial charge in [-0.3, -0.25) is 4.90 Å². The highest BCUT2D eigenvalue weighted by molar-refractivity contribution is 5.00. The Morgan fingerprint density at radius 1 is 1.50 bits per heavy atom. The Balaban J connectivity index is 2.41. The van der Waals surface area contributed by atoms with Gasteiger partial charge in [0.15, 0.2) is 0 Å². The molecule has 0 aromatic rings. The summed E-state index contributed by atoms with van der Waals surface area (Å²) in [6.07, 6.45) is 4.65. The van der Waals surface area contributed by atoms with E-state index in [4.69, 9.17) is 10.8 Å². The summed E-state index contributed by atoms with van der Waals surface area (Å²) in [4.78, 5) is 2.41. The fraction of sp³-hybridized carbons (Fsp3) is 0.818. The Hall–Kier alpha value is -0.380. The van der Waals surface area contributed by atoms with E-state index in [0.717, 1.165) is 25.1 Å². The second-order valence-corrected chi connectivity index (χ2v) is 4.09. The van der Waals surface area contributed by atoms with Crippen molar-refractivity contribution in [2.45, 2.75) is 31.7 Å². The second kappa shape index (κ2) is 6.17. The first kappa shape index (κ1) is 11.7. The predicted octanol–water partition coefficient (Wildman–Crippen LogP) is 0.738. The highest BCUT2D eigenvalue weighted by Gasteiger charge is 2.21. The van der Waals surface area contributed by atoms with Crippen molar-refractivity contribution in [3.63, 3.8) is 0 Å². The minimum atomic E-state index is 0.288. The summed E-state index contributed by atoms with van der Waals surface area (Å²) in [6, 6.07) is 0.539. The molecule has 3 nitrogen and oxygen atoms in total. The number of aliphatic hydroxyl groups is 1. The van der Waals surface area contributed by atoms with Crippen LogP contribution < -0.4 is 5.73 Å². The molecule has 1 unspecified atom stereocenters. The monoisotopic (exact) mass is 198 g/mol. The zero-order chi connectivity index (χ0) is 10.4. The fourth-order valence-corrected chi connectivity index (χ4v) is 2.10. The molecule has 0 aliphatic carbocycles. The number of hydrogen-bond acceptors (Lipinski definition) is 3. The molecule has 1 aliphatic heterocycles. The van der Waals surface area contributed by atoms with Crippen LogP contribution in [0, 0.1) is 0 Å². The first-order valence-corrected chi connectivity index (χ1v) is 5.49. The molecule has 0 aromatic heterocycles. The van der Waals surface area contributed by atoms with E-state index in [2.05, 4.69) is 11.5 Å². The summed E-state index contributed by atoms with van der Waals surface area (Å²) in [5, 5.41) is 8.95. The number of aliphatic hydroxyl groups excluding tert-OH is 1. The molecule has 0 aromatic carbocycles. The average molecular weight is 198 g/mol. The molecular formula is C11H22N2O. The van der Waals surface area contributed by atoms with Crippen LogP contribution in [0.25, 0.3) is 0 Å². The summed E-state index contributed by atoms with van der Waals surface area (Å²) < 4.78 is 0. The second-order valence-electron chi connectivity index (χ2n) is 4.09. The van der Waals surface area contributed by atoms with E-state index in [1.54, 1.807) is 0 Å². The Morgan fingerprint density at radius 2 is 2.29 bits per heavy atom. The number of nitrogens with zero attached hydrogens (tertiary/aromatic N) is 1. The van der Waals surface area contributed by atoms with E-state index < -0.39 is 0 Å². The van der Waals surface area contributed by atoms with Gasteiger partial charge in [-0.1, -0.05) is 13.0 Å². The van der Waals surface area contributed by atoms with Crippen LogP contribution in [0.5, 0.6) is 0 Å². The number of rotatable bonds is 5. The van der Waals surface area contributed by atoms with Crippen molar-refractivity contribution in [3.8, 4) is 0 Å². The highest BCUT2D eigenvalue weighted by atomic mass is 16.3. The maximum atomic E-state index is 8.95. The lowest BCUT2D eigenvalue weighted by Crippen LogP contribution is -2.41. The summed E-state index contributed by atoms with van der Waals surface area (Å²) in [7, 11) is 0. The van der Waals surface area contributed by atoms with Crippen molar-refractivity contribution in [2.24, 2.45) is 5.73 Å². The number of nitrogens with two attached hydrogens (primary N) is 1. The minimum absolute atomic E-state index is 0.288. The normalized spacial score (nSPS) is 23.7. The molecule has 1 saturated heterocycles. The fourth-order valence-electron chi connectivity index (χ4n) is 2.10. The maximum absolute atomic E-state index is 8.95. The quantitative estimate of drug-likeness (QED) is 0.641. The molecule has 1 fully saturated rings. The molecule has 14 heavy (non-hydrogen) atoms. The van der Waals surface area contributed by atoms with E-state index in [1.807, 2.05) is 0 Å². The molecule has 3 heteroatoms. The molecule has 0 radical (unpaired) electrons. The summed E-state index contributed by atoms with van der Waals surface area (Å²) >= 11 is 0. The number of likely N-dealkylation sites (tertiary alicyclic amines) is 1. The van der Waals surface area contributed by atoms with Crippen LogP contribution in [-0.4, -0.2) is 42.3 Å². The molecule has 1 aliphatic rings. The van der Waals surface area contributed by atoms with Gasteiger partial charge in [-0.15, -0.1) is 0 Å². The van der Waals surface area contributed by atoms with Crippen molar-refractivity contribution in [2.75, 3.05) is 26.2 Å². The lowest BCUT2D eigenvalue weighted by Gasteiger charge is -2.35. The lowest BCUT2D eigenvalue weighted by atomic mass is 9.99. The van der Waals surface area contributed by atoms with E-state index in [1.165, 1.54) is 19.3 Å². The molecule has 1 heterocycles. The molecule has 82 valence electrons. The van der Waals surface area contributed by atoms with Gasteiger partial charge >= 0.3 is 0 Å². The van der Waals surface area contributed by atoms with Crippen LogP contribution in [0.3, 0.4) is 0 Å². The summed E-state index contributed by atoms with van der Waals surface area (Å²) in [5.41, 5.74) is 6.63. The van der Waals surface area contributed by atoms with Crippen LogP contribution in [0.15, 0.2) is 12.2 Å². The molecule has 1 rings (SSSR count). The molecule has 1 atom stereocenters. The van der Waals surface area contributed by atoms with Crippen LogP contribution >= 0.6 is 0 Å². The minimum Gasteiger partial charge on any atom is -0.396 e. The molecule has 0 saturated carbocycles. The largest absolute Gasteiger partial charge is 0.396 e. The van der Waals surface area contributed by atoms with Gasteiger partial charge in [-0.2, -0.15) is 0 Å². The maximum Gasteiger partial charge on any atom is 0.0445 e. The summed E-state index contributed by atoms with van der Waals surface area (Å²) in [6.45, 7) is 6.83. The first-order valence-electron chi connectivity index (χ1n) is 5.49. The Bertz CT molecular complexity index is 180. The van der Waals surface area contributed by atoms with Gasteiger partial charge in [0.25, 0.3) is 0 Å². The molecule has 0 spiro atoms. The third-order valence-electron chi connectivity index (χ3n) is 2.93. The Morgan fingerprint density at radius 3 is 2.93 bits per heavy atom. The predicted molar refractivity (Wildman–Crippen MR) is 59.1 cm³/mol. The van der Waals surface area contributed by atoms with Gasteiger partial charge in [0.2, 0.25) is 0 Å². The summed E-state index contributed by atoms with van der Waals surface area (Å²) in [5.74, 6) is 0. The van der Waals surface area contributed by atoms with Crippen molar-refractivity contribution >= 4 is 0 Å². The highest BCUT2D eigenvalue weighted by Crippen LogP contribution is 2.19. The SMILES string of the molecule is C=C(CN)CN1CCCCC1CCO.